The molecule has 11 nitrogen and oxygen atoms in total. The number of aromatic nitrogens is 2. The number of nitrogens with zero attached hydrogens (tertiary/aromatic N) is 2. The maximum Gasteiger partial charge on any atom is 0.408 e. The number of hydrogen-bond acceptors (Lipinski definition) is 9. The van der Waals surface area contributed by atoms with Gasteiger partial charge in [0.15, 0.2) is 11.5 Å². The molecule has 0 radical (unpaired) electrons. The minimum atomic E-state index is -1.16. The summed E-state index contributed by atoms with van der Waals surface area (Å²) in [6, 6.07) is 9.41. The number of hydrogen-bond donors (Lipinski definition) is 3. The summed E-state index contributed by atoms with van der Waals surface area (Å²) in [5.74, 6) is 0.0768. The van der Waals surface area contributed by atoms with Crippen molar-refractivity contribution in [3.05, 3.63) is 58.4 Å². The molecule has 1 atom stereocenters. The van der Waals surface area contributed by atoms with Gasteiger partial charge in [-0.1, -0.05) is 6.07 Å². The summed E-state index contributed by atoms with van der Waals surface area (Å²) in [5, 5.41) is 15.3. The smallest absolute Gasteiger partial charge is 0.408 e. The molecule has 1 unspecified atom stereocenters. The van der Waals surface area contributed by atoms with Crippen LogP contribution in [0.15, 0.2) is 36.4 Å². The molecule has 0 saturated heterocycles. The lowest BCUT2D eigenvalue weighted by molar-refractivity contribution is 0.0507. The van der Waals surface area contributed by atoms with Crippen LogP contribution in [0.3, 0.4) is 0 Å². The van der Waals surface area contributed by atoms with E-state index in [0.29, 0.717) is 39.6 Å². The molecule has 0 aliphatic heterocycles. The van der Waals surface area contributed by atoms with E-state index >= 15 is 0 Å². The van der Waals surface area contributed by atoms with E-state index in [2.05, 4.69) is 20.6 Å². The van der Waals surface area contributed by atoms with Crippen molar-refractivity contribution in [1.82, 2.24) is 20.6 Å². The number of alkyl carbamates (subject to hydrolysis) is 1. The minimum Gasteiger partial charge on any atom is -0.493 e. The average Bonchev–Trinajstić information content (AvgIpc) is 3.64. The third kappa shape index (κ3) is 8.16. The van der Waals surface area contributed by atoms with Crippen LogP contribution in [0, 0.1) is 5.92 Å². The number of aromatic carboxylic acids is 1. The molecule has 0 spiro atoms. The zero-order valence-electron chi connectivity index (χ0n) is 23.6. The number of carboxylic acid groups (broad SMARTS) is 1. The normalized spacial score (nSPS) is 13.7. The zero-order valence-corrected chi connectivity index (χ0v) is 24.5. The summed E-state index contributed by atoms with van der Waals surface area (Å²) in [6.07, 6.45) is 1.67. The highest BCUT2D eigenvalue weighted by Gasteiger charge is 2.27. The predicted molar refractivity (Wildman–Crippen MR) is 152 cm³/mol. The van der Waals surface area contributed by atoms with Crippen LogP contribution >= 0.6 is 11.3 Å². The number of carbonyl (C=O) groups is 3. The topological polar surface area (TPSA) is 149 Å². The molecular formula is C29H34N4O7S. The van der Waals surface area contributed by atoms with E-state index in [0.717, 1.165) is 18.4 Å². The molecule has 12 heteroatoms. The summed E-state index contributed by atoms with van der Waals surface area (Å²) in [6.45, 7) is 7.63. The van der Waals surface area contributed by atoms with Crippen LogP contribution < -0.4 is 20.1 Å². The Balaban J connectivity index is 1.62. The van der Waals surface area contributed by atoms with Gasteiger partial charge in [0.2, 0.25) is 0 Å². The lowest BCUT2D eigenvalue weighted by Crippen LogP contribution is -2.34. The molecule has 1 aliphatic carbocycles. The predicted octanol–water partition coefficient (Wildman–Crippen LogP) is 5.22. The highest BCUT2D eigenvalue weighted by Crippen LogP contribution is 2.38. The third-order valence-corrected chi connectivity index (χ3v) is 7.32. The lowest BCUT2D eigenvalue weighted by atomic mass is 10.2. The van der Waals surface area contributed by atoms with Crippen LogP contribution in [-0.2, 0) is 11.3 Å². The largest absolute Gasteiger partial charge is 0.493 e. The molecule has 1 aromatic carbocycles. The Kier molecular flexibility index (Phi) is 9.11. The highest BCUT2D eigenvalue weighted by molar-refractivity contribution is 7.15. The van der Waals surface area contributed by atoms with Crippen molar-refractivity contribution in [2.75, 3.05) is 13.7 Å². The van der Waals surface area contributed by atoms with E-state index in [1.54, 1.807) is 53.0 Å². The highest BCUT2D eigenvalue weighted by atomic mass is 32.1. The maximum absolute atomic E-state index is 13.4. The summed E-state index contributed by atoms with van der Waals surface area (Å²) in [4.78, 5) is 46.4. The molecule has 3 N–H and O–H groups in total. The number of ether oxygens (including phenoxy) is 3. The quantitative estimate of drug-likeness (QED) is 0.277. The van der Waals surface area contributed by atoms with E-state index in [1.807, 2.05) is 12.1 Å². The number of rotatable bonds is 11. The van der Waals surface area contributed by atoms with Gasteiger partial charge in [-0.3, -0.25) is 4.79 Å². The lowest BCUT2D eigenvalue weighted by Gasteiger charge is -2.21. The van der Waals surface area contributed by atoms with Crippen molar-refractivity contribution < 1.29 is 33.7 Å². The first-order valence-corrected chi connectivity index (χ1v) is 14.0. The van der Waals surface area contributed by atoms with Crippen LogP contribution in [0.2, 0.25) is 0 Å². The van der Waals surface area contributed by atoms with Gasteiger partial charge in [-0.2, -0.15) is 0 Å². The van der Waals surface area contributed by atoms with Gasteiger partial charge in [-0.25, -0.2) is 19.6 Å². The molecular weight excluding hydrogens is 548 g/mol. The van der Waals surface area contributed by atoms with Crippen molar-refractivity contribution in [3.8, 4) is 22.1 Å². The second-order valence-corrected chi connectivity index (χ2v) is 11.8. The van der Waals surface area contributed by atoms with E-state index in [1.165, 1.54) is 17.4 Å². The number of thiazole rings is 1. The van der Waals surface area contributed by atoms with Gasteiger partial charge in [0.1, 0.15) is 22.0 Å². The number of amides is 2. The molecule has 0 bridgehead atoms. The Morgan fingerprint density at radius 3 is 2.54 bits per heavy atom. The number of methoxy groups -OCH3 is 1. The van der Waals surface area contributed by atoms with E-state index in [9.17, 15) is 19.5 Å². The first-order valence-electron chi connectivity index (χ1n) is 13.2. The van der Waals surface area contributed by atoms with Gasteiger partial charge in [0, 0.05) is 5.56 Å². The van der Waals surface area contributed by atoms with Crippen molar-refractivity contribution in [2.45, 2.75) is 58.7 Å². The molecule has 2 amide bonds. The number of pyridine rings is 1. The molecule has 2 heterocycles. The van der Waals surface area contributed by atoms with Gasteiger partial charge in [-0.15, -0.1) is 11.3 Å². The van der Waals surface area contributed by atoms with E-state index in [4.69, 9.17) is 14.2 Å². The Morgan fingerprint density at radius 1 is 1.12 bits per heavy atom. The Morgan fingerprint density at radius 2 is 1.88 bits per heavy atom. The van der Waals surface area contributed by atoms with Crippen molar-refractivity contribution in [1.29, 1.82) is 0 Å². The average molecular weight is 583 g/mol. The van der Waals surface area contributed by atoms with Gasteiger partial charge < -0.3 is 30.0 Å². The van der Waals surface area contributed by atoms with E-state index in [-0.39, 0.29) is 17.9 Å². The first-order chi connectivity index (χ1) is 19.4. The zero-order chi connectivity index (χ0) is 29.7. The Labute approximate surface area is 242 Å². The van der Waals surface area contributed by atoms with Crippen LogP contribution in [0.5, 0.6) is 11.5 Å². The molecule has 1 fully saturated rings. The molecule has 3 aromatic rings. The Bertz CT molecular complexity index is 1430. The van der Waals surface area contributed by atoms with E-state index < -0.39 is 29.6 Å². The number of carbonyl (C=O) groups excluding carboxylic acids is 2. The van der Waals surface area contributed by atoms with Crippen LogP contribution in [-0.4, -0.2) is 52.4 Å². The van der Waals surface area contributed by atoms with Crippen molar-refractivity contribution in [2.24, 2.45) is 5.92 Å². The molecule has 1 saturated carbocycles. The summed E-state index contributed by atoms with van der Waals surface area (Å²) < 4.78 is 16.9. The standard InChI is InChI=1S/C29H34N4O7S/c1-16(31-28(37)40-29(2,3)4)24-23(25(34)30-14-19-7-6-8-20(32-19)27(35)36)33-26(41-24)18-11-12-21(38-5)22(13-18)39-15-17-9-10-17/h6-8,11-13,16-17H,9-10,14-15H2,1-5H3,(H,30,34)(H,31,37)(H,35,36). The molecule has 2 aromatic heterocycles. The van der Waals surface area contributed by atoms with Gasteiger partial charge >= 0.3 is 12.1 Å². The van der Waals surface area contributed by atoms with Crippen LogP contribution in [0.25, 0.3) is 10.6 Å². The third-order valence-electron chi connectivity index (χ3n) is 6.03. The minimum absolute atomic E-state index is 0.0121. The van der Waals surface area contributed by atoms with Crippen LogP contribution in [0.1, 0.15) is 78.1 Å². The number of carboxylic acids is 1. The van der Waals surface area contributed by atoms with Crippen molar-refractivity contribution in [3.63, 3.8) is 0 Å². The summed E-state index contributed by atoms with van der Waals surface area (Å²) in [5.41, 5.74) is 0.410. The van der Waals surface area contributed by atoms with Crippen LogP contribution in [0.4, 0.5) is 4.79 Å². The first kappa shape index (κ1) is 29.8. The fourth-order valence-electron chi connectivity index (χ4n) is 3.83. The maximum atomic E-state index is 13.4. The number of nitrogens with one attached hydrogen (secondary N) is 2. The second kappa shape index (κ2) is 12.5. The molecule has 41 heavy (non-hydrogen) atoms. The SMILES string of the molecule is COc1ccc(-c2nc(C(=O)NCc3cccc(C(=O)O)n3)c(C(C)NC(=O)OC(C)(C)C)s2)cc1OCC1CC1. The molecule has 218 valence electrons. The monoisotopic (exact) mass is 582 g/mol. The van der Waals surface area contributed by atoms with Gasteiger partial charge in [0.05, 0.1) is 36.9 Å². The summed E-state index contributed by atoms with van der Waals surface area (Å²) >= 11 is 1.26. The number of benzene rings is 1. The molecule has 1 aliphatic rings. The Hall–Kier alpha value is -4.19. The van der Waals surface area contributed by atoms with Gasteiger partial charge in [0.25, 0.3) is 5.91 Å². The second-order valence-electron chi connectivity index (χ2n) is 10.7. The van der Waals surface area contributed by atoms with Gasteiger partial charge in [-0.05, 0) is 76.8 Å². The fourth-order valence-corrected chi connectivity index (χ4v) is 4.89. The molecule has 4 rings (SSSR count). The summed E-state index contributed by atoms with van der Waals surface area (Å²) in [7, 11) is 1.58. The van der Waals surface area contributed by atoms with Crippen molar-refractivity contribution >= 4 is 29.3 Å². The fraction of sp³-hybridized carbons (Fsp3) is 0.414.